The Morgan fingerprint density at radius 2 is 2.10 bits per heavy atom. The van der Waals surface area contributed by atoms with Crippen LogP contribution in [-0.4, -0.2) is 26.6 Å². The number of thiophene rings is 1. The van der Waals surface area contributed by atoms with Gasteiger partial charge in [0, 0.05) is 11.6 Å². The van der Waals surface area contributed by atoms with Gasteiger partial charge in [0.05, 0.1) is 16.4 Å². The van der Waals surface area contributed by atoms with Gasteiger partial charge in [0.1, 0.15) is 21.4 Å². The van der Waals surface area contributed by atoms with Crippen LogP contribution in [-0.2, 0) is 11.0 Å². The van der Waals surface area contributed by atoms with E-state index >= 15 is 0 Å². The quantitative estimate of drug-likeness (QED) is 0.558. The predicted octanol–water partition coefficient (Wildman–Crippen LogP) is 4.27. The molecule has 0 spiro atoms. The molecule has 154 valence electrons. The number of nitrogens with zero attached hydrogens (tertiary/aromatic N) is 3. The molecule has 0 bridgehead atoms. The van der Waals surface area contributed by atoms with E-state index in [4.69, 9.17) is 5.73 Å². The van der Waals surface area contributed by atoms with Gasteiger partial charge in [0.2, 0.25) is 5.91 Å². The number of anilines is 1. The molecule has 0 aliphatic heterocycles. The molecule has 1 atom stereocenters. The molecule has 0 saturated heterocycles. The molecule has 3 aromatic heterocycles. The van der Waals surface area contributed by atoms with Gasteiger partial charge in [-0.2, -0.15) is 18.3 Å². The number of primary amides is 1. The monoisotopic (exact) mass is 489 g/mol. The van der Waals surface area contributed by atoms with Crippen molar-refractivity contribution in [2.45, 2.75) is 32.5 Å². The van der Waals surface area contributed by atoms with E-state index < -0.39 is 29.7 Å². The SMILES string of the molecule is CCC(C(=O)Nc1c(C(N)=O)sc2nc(C(F)(F)F)cc(C)c12)n1cc(Br)cn1. The second kappa shape index (κ2) is 7.75. The molecule has 1 unspecified atom stereocenters. The Labute approximate surface area is 175 Å². The van der Waals surface area contributed by atoms with Gasteiger partial charge in [0.25, 0.3) is 5.91 Å². The number of alkyl halides is 3. The number of halogens is 4. The van der Waals surface area contributed by atoms with Gasteiger partial charge in [-0.05, 0) is 40.9 Å². The molecule has 0 aliphatic rings. The number of hydrogen-bond donors (Lipinski definition) is 2. The average Bonchev–Trinajstić information content (AvgIpc) is 3.19. The summed E-state index contributed by atoms with van der Waals surface area (Å²) in [6.07, 6.45) is -1.10. The molecule has 29 heavy (non-hydrogen) atoms. The van der Waals surface area contributed by atoms with E-state index in [1.165, 1.54) is 17.8 Å². The van der Waals surface area contributed by atoms with E-state index in [1.807, 2.05) is 0 Å². The second-order valence-electron chi connectivity index (χ2n) is 6.22. The summed E-state index contributed by atoms with van der Waals surface area (Å²) in [4.78, 5) is 28.3. The Bertz CT molecular complexity index is 1110. The van der Waals surface area contributed by atoms with Crippen LogP contribution in [0.15, 0.2) is 22.9 Å². The summed E-state index contributed by atoms with van der Waals surface area (Å²) >= 11 is 3.97. The number of carbonyl (C=O) groups excluding carboxylic acids is 2. The molecule has 7 nitrogen and oxygen atoms in total. The number of carbonyl (C=O) groups is 2. The zero-order chi connectivity index (χ0) is 21.5. The third-order valence-electron chi connectivity index (χ3n) is 4.20. The number of aromatic nitrogens is 3. The van der Waals surface area contributed by atoms with Crippen LogP contribution in [0.25, 0.3) is 10.2 Å². The van der Waals surface area contributed by atoms with E-state index in [-0.39, 0.29) is 26.3 Å². The number of rotatable bonds is 5. The smallest absolute Gasteiger partial charge is 0.365 e. The van der Waals surface area contributed by atoms with Crippen molar-refractivity contribution in [3.05, 3.63) is 39.1 Å². The molecule has 0 aliphatic carbocycles. The number of aryl methyl sites for hydroxylation is 1. The zero-order valence-electron chi connectivity index (χ0n) is 15.2. The van der Waals surface area contributed by atoms with Gasteiger partial charge in [-0.3, -0.25) is 14.3 Å². The summed E-state index contributed by atoms with van der Waals surface area (Å²) in [5.74, 6) is -1.35. The first-order chi connectivity index (χ1) is 13.5. The summed E-state index contributed by atoms with van der Waals surface area (Å²) in [7, 11) is 0. The molecule has 3 heterocycles. The number of fused-ring (bicyclic) bond motifs is 1. The summed E-state index contributed by atoms with van der Waals surface area (Å²) in [6.45, 7) is 3.23. The first kappa shape index (κ1) is 21.2. The maximum Gasteiger partial charge on any atom is 0.433 e. The Morgan fingerprint density at radius 3 is 2.62 bits per heavy atom. The van der Waals surface area contributed by atoms with Crippen molar-refractivity contribution in [3.63, 3.8) is 0 Å². The molecule has 0 saturated carbocycles. The number of amides is 2. The Hall–Kier alpha value is -2.47. The minimum absolute atomic E-state index is 0.0312. The van der Waals surface area contributed by atoms with Crippen LogP contribution in [0.2, 0.25) is 0 Å². The van der Waals surface area contributed by atoms with Gasteiger partial charge in [0.15, 0.2) is 0 Å². The van der Waals surface area contributed by atoms with E-state index in [1.54, 1.807) is 13.1 Å². The summed E-state index contributed by atoms with van der Waals surface area (Å²) in [6, 6.07) is 0.178. The van der Waals surface area contributed by atoms with Gasteiger partial charge in [-0.15, -0.1) is 11.3 Å². The van der Waals surface area contributed by atoms with Crippen molar-refractivity contribution in [2.75, 3.05) is 5.32 Å². The average molecular weight is 490 g/mol. The Morgan fingerprint density at radius 1 is 1.41 bits per heavy atom. The van der Waals surface area contributed by atoms with Gasteiger partial charge < -0.3 is 11.1 Å². The van der Waals surface area contributed by atoms with E-state index in [9.17, 15) is 22.8 Å². The van der Waals surface area contributed by atoms with Crippen molar-refractivity contribution >= 4 is 55.0 Å². The first-order valence-corrected chi connectivity index (χ1v) is 9.95. The maximum atomic E-state index is 13.1. The lowest BCUT2D eigenvalue weighted by Gasteiger charge is -2.16. The van der Waals surface area contributed by atoms with E-state index in [2.05, 4.69) is 31.3 Å². The molecule has 3 N–H and O–H groups in total. The zero-order valence-corrected chi connectivity index (χ0v) is 17.6. The molecule has 2 amide bonds. The Balaban J connectivity index is 2.09. The molecular weight excluding hydrogens is 475 g/mol. The van der Waals surface area contributed by atoms with E-state index in [0.29, 0.717) is 22.2 Å². The minimum atomic E-state index is -4.64. The molecule has 0 aromatic carbocycles. The predicted molar refractivity (Wildman–Crippen MR) is 106 cm³/mol. The van der Waals surface area contributed by atoms with Gasteiger partial charge in [-0.25, -0.2) is 4.98 Å². The summed E-state index contributed by atoms with van der Waals surface area (Å²) in [5.41, 5.74) is 4.60. The third kappa shape index (κ3) is 4.13. The van der Waals surface area contributed by atoms with Crippen LogP contribution in [0, 0.1) is 6.92 Å². The topological polar surface area (TPSA) is 103 Å². The highest BCUT2D eigenvalue weighted by Gasteiger charge is 2.34. The van der Waals surface area contributed by atoms with Crippen LogP contribution < -0.4 is 11.1 Å². The van der Waals surface area contributed by atoms with Gasteiger partial charge >= 0.3 is 6.18 Å². The van der Waals surface area contributed by atoms with E-state index in [0.717, 1.165) is 6.07 Å². The molecule has 0 radical (unpaired) electrons. The second-order valence-corrected chi connectivity index (χ2v) is 8.14. The molecule has 12 heteroatoms. The molecule has 3 aromatic rings. The van der Waals surface area contributed by atoms with Crippen LogP contribution in [0.5, 0.6) is 0 Å². The highest BCUT2D eigenvalue weighted by molar-refractivity contribution is 9.10. The lowest BCUT2D eigenvalue weighted by Crippen LogP contribution is -2.27. The fourth-order valence-electron chi connectivity index (χ4n) is 2.91. The first-order valence-electron chi connectivity index (χ1n) is 8.34. The fourth-order valence-corrected chi connectivity index (χ4v) is 4.26. The number of pyridine rings is 1. The van der Waals surface area contributed by atoms with Crippen molar-refractivity contribution in [2.24, 2.45) is 5.73 Å². The minimum Gasteiger partial charge on any atom is -0.365 e. The number of nitrogens with one attached hydrogen (secondary N) is 1. The largest absolute Gasteiger partial charge is 0.433 e. The highest BCUT2D eigenvalue weighted by atomic mass is 79.9. The van der Waals surface area contributed by atoms with Crippen LogP contribution in [0.4, 0.5) is 18.9 Å². The highest BCUT2D eigenvalue weighted by Crippen LogP contribution is 2.40. The van der Waals surface area contributed by atoms with Crippen LogP contribution >= 0.6 is 27.3 Å². The third-order valence-corrected chi connectivity index (χ3v) is 5.71. The lowest BCUT2D eigenvalue weighted by atomic mass is 10.1. The molecular formula is C17H15BrF3N5O2S. The standard InChI is InChI=1S/C17H15BrF3N5O2S/c1-3-9(26-6-8(18)5-23-26)15(28)25-12-11-7(2)4-10(17(19,20)21)24-16(11)29-13(12)14(22)27/h4-6,9H,3H2,1-2H3,(H2,22,27)(H,25,28). The van der Waals surface area contributed by atoms with Crippen molar-refractivity contribution in [1.82, 2.24) is 14.8 Å². The number of nitrogens with two attached hydrogens (primary N) is 1. The normalized spacial score (nSPS) is 12.9. The van der Waals surface area contributed by atoms with Crippen molar-refractivity contribution in [1.29, 1.82) is 0 Å². The summed E-state index contributed by atoms with van der Waals surface area (Å²) in [5, 5.41) is 6.99. The van der Waals surface area contributed by atoms with Crippen molar-refractivity contribution in [3.8, 4) is 0 Å². The number of hydrogen-bond acceptors (Lipinski definition) is 5. The fraction of sp³-hybridized carbons (Fsp3) is 0.294. The van der Waals surface area contributed by atoms with Crippen LogP contribution in [0.1, 0.15) is 40.3 Å². The van der Waals surface area contributed by atoms with Crippen molar-refractivity contribution < 1.29 is 22.8 Å². The Kier molecular flexibility index (Phi) is 5.68. The van der Waals surface area contributed by atoms with Crippen LogP contribution in [0.3, 0.4) is 0 Å². The summed E-state index contributed by atoms with van der Waals surface area (Å²) < 4.78 is 41.4. The molecule has 0 fully saturated rings. The van der Waals surface area contributed by atoms with Gasteiger partial charge in [-0.1, -0.05) is 6.92 Å². The molecule has 3 rings (SSSR count). The lowest BCUT2D eigenvalue weighted by molar-refractivity contribution is -0.141. The maximum absolute atomic E-state index is 13.1.